The van der Waals surface area contributed by atoms with E-state index in [4.69, 9.17) is 4.74 Å². The van der Waals surface area contributed by atoms with Gasteiger partial charge in [-0.15, -0.1) is 0 Å². The molecule has 1 amide bonds. The third-order valence-electron chi connectivity index (χ3n) is 5.22. The Bertz CT molecular complexity index is 750. The van der Waals surface area contributed by atoms with Crippen LogP contribution in [0.15, 0.2) is 54.6 Å². The molecule has 0 aromatic heterocycles. The minimum Gasteiger partial charge on any atom is -0.493 e. The van der Waals surface area contributed by atoms with Crippen molar-refractivity contribution in [3.05, 3.63) is 65.7 Å². The fraction of sp³-hybridized carbons (Fsp3) is 0.480. The molecule has 2 rings (SSSR count). The van der Waals surface area contributed by atoms with Gasteiger partial charge in [0, 0.05) is 0 Å². The molecule has 0 aliphatic carbocycles. The first-order valence-corrected chi connectivity index (χ1v) is 10.5. The highest BCUT2D eigenvalue weighted by Gasteiger charge is 2.31. The summed E-state index contributed by atoms with van der Waals surface area (Å²) in [6.07, 6.45) is 2.29. The third-order valence-corrected chi connectivity index (χ3v) is 5.22. The summed E-state index contributed by atoms with van der Waals surface area (Å²) < 4.78 is 5.87. The molecule has 0 radical (unpaired) electrons. The predicted octanol–water partition coefficient (Wildman–Crippen LogP) is 5.23. The SMILES string of the molecule is CCCC(C)COc1ccc(C(NC(=O)C(C)c2ccccc2)C(C)(C)O)cc1. The van der Waals surface area contributed by atoms with E-state index in [0.29, 0.717) is 12.5 Å². The molecule has 0 aliphatic rings. The number of amides is 1. The molecule has 2 aromatic rings. The lowest BCUT2D eigenvalue weighted by Gasteiger charge is -2.31. The zero-order valence-corrected chi connectivity index (χ0v) is 18.3. The van der Waals surface area contributed by atoms with Gasteiger partial charge in [0.15, 0.2) is 0 Å². The van der Waals surface area contributed by atoms with Crippen LogP contribution in [0.25, 0.3) is 0 Å². The Balaban J connectivity index is 2.09. The lowest BCUT2D eigenvalue weighted by Crippen LogP contribution is -2.43. The van der Waals surface area contributed by atoms with Gasteiger partial charge in [0.05, 0.1) is 24.2 Å². The Morgan fingerprint density at radius 3 is 2.21 bits per heavy atom. The lowest BCUT2D eigenvalue weighted by molar-refractivity contribution is -0.125. The molecule has 0 bridgehead atoms. The van der Waals surface area contributed by atoms with Crippen LogP contribution >= 0.6 is 0 Å². The van der Waals surface area contributed by atoms with E-state index in [1.54, 1.807) is 13.8 Å². The highest BCUT2D eigenvalue weighted by atomic mass is 16.5. The summed E-state index contributed by atoms with van der Waals surface area (Å²) in [7, 11) is 0. The zero-order valence-electron chi connectivity index (χ0n) is 18.3. The Morgan fingerprint density at radius 2 is 1.66 bits per heavy atom. The van der Waals surface area contributed by atoms with Crippen LogP contribution < -0.4 is 10.1 Å². The summed E-state index contributed by atoms with van der Waals surface area (Å²) in [4.78, 5) is 12.8. The van der Waals surface area contributed by atoms with Crippen molar-refractivity contribution in [3.63, 3.8) is 0 Å². The number of ether oxygens (including phenoxy) is 1. The molecular weight excluding hydrogens is 362 g/mol. The van der Waals surface area contributed by atoms with E-state index in [-0.39, 0.29) is 11.8 Å². The summed E-state index contributed by atoms with van der Waals surface area (Å²) in [5, 5.41) is 13.7. The molecule has 2 aromatic carbocycles. The lowest BCUT2D eigenvalue weighted by atomic mass is 9.90. The molecule has 0 aliphatic heterocycles. The van der Waals surface area contributed by atoms with Gasteiger partial charge in [0.1, 0.15) is 5.75 Å². The summed E-state index contributed by atoms with van der Waals surface area (Å²) in [5.41, 5.74) is 0.689. The molecule has 158 valence electrons. The molecule has 0 spiro atoms. The number of carbonyl (C=O) groups excluding carboxylic acids is 1. The van der Waals surface area contributed by atoms with Gasteiger partial charge in [-0.2, -0.15) is 0 Å². The second kappa shape index (κ2) is 10.4. The molecule has 4 heteroatoms. The standard InChI is InChI=1S/C25H35NO3/c1-6-10-18(2)17-29-22-15-13-21(14-16-22)23(25(4,5)28)26-24(27)19(3)20-11-8-7-9-12-20/h7-9,11-16,18-19,23,28H,6,10,17H2,1-5H3,(H,26,27). The topological polar surface area (TPSA) is 58.6 Å². The van der Waals surface area contributed by atoms with E-state index < -0.39 is 11.6 Å². The molecule has 0 saturated heterocycles. The highest BCUT2D eigenvalue weighted by Crippen LogP contribution is 2.28. The average molecular weight is 398 g/mol. The van der Waals surface area contributed by atoms with Crippen LogP contribution in [0.3, 0.4) is 0 Å². The van der Waals surface area contributed by atoms with Crippen LogP contribution in [0.1, 0.15) is 70.5 Å². The number of hydrogen-bond donors (Lipinski definition) is 2. The second-order valence-electron chi connectivity index (χ2n) is 8.50. The minimum absolute atomic E-state index is 0.114. The van der Waals surface area contributed by atoms with Crippen molar-refractivity contribution in [3.8, 4) is 5.75 Å². The van der Waals surface area contributed by atoms with Gasteiger partial charge < -0.3 is 15.2 Å². The number of nitrogens with one attached hydrogen (secondary N) is 1. The van der Waals surface area contributed by atoms with Crippen LogP contribution in [0, 0.1) is 5.92 Å². The molecule has 0 saturated carbocycles. The van der Waals surface area contributed by atoms with E-state index >= 15 is 0 Å². The van der Waals surface area contributed by atoms with Crippen LogP contribution in [-0.2, 0) is 4.79 Å². The smallest absolute Gasteiger partial charge is 0.227 e. The Labute approximate surface area is 175 Å². The van der Waals surface area contributed by atoms with Crippen molar-refractivity contribution in [2.75, 3.05) is 6.61 Å². The van der Waals surface area contributed by atoms with E-state index in [2.05, 4.69) is 19.2 Å². The first-order valence-electron chi connectivity index (χ1n) is 10.5. The summed E-state index contributed by atoms with van der Waals surface area (Å²) in [6.45, 7) is 10.3. The largest absolute Gasteiger partial charge is 0.493 e. The van der Waals surface area contributed by atoms with Crippen molar-refractivity contribution >= 4 is 5.91 Å². The first-order chi connectivity index (χ1) is 13.7. The fourth-order valence-corrected chi connectivity index (χ4v) is 3.40. The van der Waals surface area contributed by atoms with Crippen molar-refractivity contribution in [2.45, 2.75) is 65.0 Å². The first kappa shape index (κ1) is 23.0. The van der Waals surface area contributed by atoms with Crippen molar-refractivity contribution < 1.29 is 14.6 Å². The Morgan fingerprint density at radius 1 is 1.03 bits per heavy atom. The van der Waals surface area contributed by atoms with E-state index in [0.717, 1.165) is 29.7 Å². The predicted molar refractivity (Wildman–Crippen MR) is 118 cm³/mol. The fourth-order valence-electron chi connectivity index (χ4n) is 3.40. The second-order valence-corrected chi connectivity index (χ2v) is 8.50. The number of benzene rings is 2. The van der Waals surface area contributed by atoms with Gasteiger partial charge in [-0.25, -0.2) is 0 Å². The third kappa shape index (κ3) is 6.90. The van der Waals surface area contributed by atoms with E-state index in [1.165, 1.54) is 0 Å². The maximum absolute atomic E-state index is 12.8. The van der Waals surface area contributed by atoms with E-state index in [1.807, 2.05) is 61.5 Å². The summed E-state index contributed by atoms with van der Waals surface area (Å²) in [6, 6.07) is 16.8. The van der Waals surface area contributed by atoms with Crippen LogP contribution in [0.2, 0.25) is 0 Å². The molecule has 0 fully saturated rings. The van der Waals surface area contributed by atoms with Gasteiger partial charge >= 0.3 is 0 Å². The van der Waals surface area contributed by atoms with Crippen LogP contribution in [0.5, 0.6) is 5.75 Å². The molecular formula is C25H35NO3. The summed E-state index contributed by atoms with van der Waals surface area (Å²) >= 11 is 0. The Kier molecular flexibility index (Phi) is 8.27. The molecule has 4 nitrogen and oxygen atoms in total. The highest BCUT2D eigenvalue weighted by molar-refractivity contribution is 5.83. The molecule has 29 heavy (non-hydrogen) atoms. The van der Waals surface area contributed by atoms with Crippen molar-refractivity contribution in [1.29, 1.82) is 0 Å². The molecule has 0 heterocycles. The van der Waals surface area contributed by atoms with Gasteiger partial charge in [0.25, 0.3) is 0 Å². The number of aliphatic hydroxyl groups is 1. The number of hydrogen-bond acceptors (Lipinski definition) is 3. The molecule has 3 atom stereocenters. The van der Waals surface area contributed by atoms with Gasteiger partial charge in [-0.1, -0.05) is 62.7 Å². The number of carbonyl (C=O) groups is 1. The monoisotopic (exact) mass is 397 g/mol. The van der Waals surface area contributed by atoms with Gasteiger partial charge in [-0.05, 0) is 56.4 Å². The molecule has 2 N–H and O–H groups in total. The minimum atomic E-state index is -1.11. The van der Waals surface area contributed by atoms with Crippen LogP contribution in [0.4, 0.5) is 0 Å². The quantitative estimate of drug-likeness (QED) is 0.577. The molecule has 3 unspecified atom stereocenters. The van der Waals surface area contributed by atoms with Crippen molar-refractivity contribution in [1.82, 2.24) is 5.32 Å². The average Bonchev–Trinajstić information content (AvgIpc) is 2.70. The van der Waals surface area contributed by atoms with Crippen LogP contribution in [-0.4, -0.2) is 23.2 Å². The normalized spacial score (nSPS) is 14.7. The van der Waals surface area contributed by atoms with Gasteiger partial charge in [-0.3, -0.25) is 4.79 Å². The van der Waals surface area contributed by atoms with E-state index in [9.17, 15) is 9.90 Å². The maximum Gasteiger partial charge on any atom is 0.227 e. The van der Waals surface area contributed by atoms with Gasteiger partial charge in [0.2, 0.25) is 5.91 Å². The van der Waals surface area contributed by atoms with Crippen molar-refractivity contribution in [2.24, 2.45) is 5.92 Å². The number of rotatable bonds is 10. The maximum atomic E-state index is 12.8. The summed E-state index contributed by atoms with van der Waals surface area (Å²) in [5.74, 6) is 0.901. The zero-order chi connectivity index (χ0) is 21.4. The Hall–Kier alpha value is -2.33.